The van der Waals surface area contributed by atoms with E-state index in [0.29, 0.717) is 37.0 Å². The third-order valence-corrected chi connectivity index (χ3v) is 4.86. The number of hydrogen-bond donors (Lipinski definition) is 1. The maximum Gasteiger partial charge on any atom is 0.420 e. The summed E-state index contributed by atoms with van der Waals surface area (Å²) in [5.74, 6) is -0.736. The maximum absolute atomic E-state index is 12.4. The molecule has 1 N–H and O–H groups in total. The van der Waals surface area contributed by atoms with Crippen LogP contribution < -0.4 is 10.5 Å². The van der Waals surface area contributed by atoms with Crippen molar-refractivity contribution in [1.82, 2.24) is 14.2 Å². The van der Waals surface area contributed by atoms with Crippen LogP contribution in [0.15, 0.2) is 33.5 Å². The van der Waals surface area contributed by atoms with Gasteiger partial charge in [0.2, 0.25) is 15.9 Å². The molecule has 9 heteroatoms. The van der Waals surface area contributed by atoms with Crippen molar-refractivity contribution in [2.45, 2.75) is 25.4 Å². The van der Waals surface area contributed by atoms with Gasteiger partial charge in [-0.05, 0) is 25.0 Å². The highest BCUT2D eigenvalue weighted by Crippen LogP contribution is 2.14. The van der Waals surface area contributed by atoms with E-state index in [4.69, 9.17) is 4.42 Å². The lowest BCUT2D eigenvalue weighted by atomic mass is 10.1. The number of aromatic nitrogens is 1. The van der Waals surface area contributed by atoms with E-state index in [1.807, 2.05) is 0 Å². The van der Waals surface area contributed by atoms with Crippen molar-refractivity contribution in [2.75, 3.05) is 19.3 Å². The van der Waals surface area contributed by atoms with Gasteiger partial charge in [-0.15, -0.1) is 0 Å². The van der Waals surface area contributed by atoms with Gasteiger partial charge >= 0.3 is 5.76 Å². The molecule has 0 bridgehead atoms. The summed E-state index contributed by atoms with van der Waals surface area (Å²) in [6.45, 7) is 0.827. The van der Waals surface area contributed by atoms with Gasteiger partial charge in [-0.3, -0.25) is 9.36 Å². The zero-order valence-corrected chi connectivity index (χ0v) is 14.1. The SMILES string of the molecule is CS(=O)(=O)NC1CCN(C(=O)Cn2c(=O)oc3ccccc32)CC1. The first-order valence-electron chi connectivity index (χ1n) is 7.67. The fourth-order valence-corrected chi connectivity index (χ4v) is 3.79. The Morgan fingerprint density at radius 2 is 1.96 bits per heavy atom. The van der Waals surface area contributed by atoms with Crippen molar-refractivity contribution in [1.29, 1.82) is 0 Å². The lowest BCUT2D eigenvalue weighted by molar-refractivity contribution is -0.132. The normalized spacial score (nSPS) is 16.6. The highest BCUT2D eigenvalue weighted by atomic mass is 32.2. The molecule has 0 aliphatic carbocycles. The minimum absolute atomic E-state index is 0.0833. The highest BCUT2D eigenvalue weighted by molar-refractivity contribution is 7.88. The molecular weight excluding hydrogens is 334 g/mol. The second-order valence-corrected chi connectivity index (χ2v) is 7.75. The Labute approximate surface area is 139 Å². The van der Waals surface area contributed by atoms with E-state index in [1.165, 1.54) is 4.57 Å². The molecule has 0 radical (unpaired) electrons. The van der Waals surface area contributed by atoms with Crippen molar-refractivity contribution in [3.05, 3.63) is 34.8 Å². The molecule has 130 valence electrons. The number of benzene rings is 1. The van der Waals surface area contributed by atoms with E-state index >= 15 is 0 Å². The van der Waals surface area contributed by atoms with E-state index in [1.54, 1.807) is 29.2 Å². The zero-order chi connectivity index (χ0) is 17.3. The second-order valence-electron chi connectivity index (χ2n) is 5.97. The standard InChI is InChI=1S/C15H19N3O5S/c1-24(21,22)16-11-6-8-17(9-7-11)14(19)10-18-12-4-2-3-5-13(12)23-15(18)20/h2-5,11,16H,6-10H2,1H3. The first-order valence-corrected chi connectivity index (χ1v) is 9.56. The number of nitrogens with zero attached hydrogens (tertiary/aromatic N) is 2. The molecule has 0 spiro atoms. The summed E-state index contributed by atoms with van der Waals surface area (Å²) in [6, 6.07) is 6.80. The quantitative estimate of drug-likeness (QED) is 0.842. The molecule has 0 saturated carbocycles. The Kier molecular flexibility index (Phi) is 4.46. The minimum Gasteiger partial charge on any atom is -0.408 e. The number of amides is 1. The van der Waals surface area contributed by atoms with E-state index < -0.39 is 15.8 Å². The molecular formula is C15H19N3O5S. The summed E-state index contributed by atoms with van der Waals surface area (Å²) in [6.07, 6.45) is 2.24. The molecule has 0 atom stereocenters. The van der Waals surface area contributed by atoms with Crippen LogP contribution in [0.4, 0.5) is 0 Å². The summed E-state index contributed by atoms with van der Waals surface area (Å²) in [5, 5.41) is 0. The van der Waals surface area contributed by atoms with Crippen LogP contribution in [0.3, 0.4) is 0 Å². The number of piperidine rings is 1. The Hall–Kier alpha value is -2.13. The molecule has 8 nitrogen and oxygen atoms in total. The number of sulfonamides is 1. The summed E-state index contributed by atoms with van der Waals surface area (Å²) in [5.41, 5.74) is 1.04. The molecule has 1 aromatic carbocycles. The van der Waals surface area contributed by atoms with Crippen LogP contribution in [-0.2, 0) is 21.4 Å². The molecule has 1 fully saturated rings. The number of fused-ring (bicyclic) bond motifs is 1. The van der Waals surface area contributed by atoms with Crippen LogP contribution in [0.1, 0.15) is 12.8 Å². The third-order valence-electron chi connectivity index (χ3n) is 4.10. The van der Waals surface area contributed by atoms with Crippen LogP contribution in [-0.4, -0.2) is 49.2 Å². The Morgan fingerprint density at radius 3 is 2.62 bits per heavy atom. The maximum atomic E-state index is 12.4. The van der Waals surface area contributed by atoms with E-state index in [2.05, 4.69) is 4.72 Å². The first kappa shape index (κ1) is 16.7. The van der Waals surface area contributed by atoms with Crippen molar-refractivity contribution < 1.29 is 17.6 Å². The minimum atomic E-state index is -3.24. The number of carbonyl (C=O) groups excluding carboxylic acids is 1. The van der Waals surface area contributed by atoms with E-state index in [-0.39, 0.29) is 18.5 Å². The fraction of sp³-hybridized carbons (Fsp3) is 0.467. The summed E-state index contributed by atoms with van der Waals surface area (Å²) in [7, 11) is -3.24. The largest absolute Gasteiger partial charge is 0.420 e. The molecule has 1 aromatic heterocycles. The first-order chi connectivity index (χ1) is 11.3. The number of para-hydroxylation sites is 2. The summed E-state index contributed by atoms with van der Waals surface area (Å²) < 4.78 is 31.5. The molecule has 1 amide bonds. The number of likely N-dealkylation sites (tertiary alicyclic amines) is 1. The number of hydrogen-bond acceptors (Lipinski definition) is 5. The third kappa shape index (κ3) is 3.68. The van der Waals surface area contributed by atoms with Gasteiger partial charge in [0.1, 0.15) is 6.54 Å². The number of oxazole rings is 1. The smallest absolute Gasteiger partial charge is 0.408 e. The van der Waals surface area contributed by atoms with Gasteiger partial charge in [0.25, 0.3) is 0 Å². The van der Waals surface area contributed by atoms with Gasteiger partial charge in [-0.1, -0.05) is 12.1 Å². The van der Waals surface area contributed by atoms with E-state index in [9.17, 15) is 18.0 Å². The average molecular weight is 353 g/mol. The van der Waals surface area contributed by atoms with Crippen molar-refractivity contribution in [2.24, 2.45) is 0 Å². The topological polar surface area (TPSA) is 102 Å². The van der Waals surface area contributed by atoms with E-state index in [0.717, 1.165) is 6.26 Å². The van der Waals surface area contributed by atoms with Gasteiger partial charge in [-0.2, -0.15) is 0 Å². The fourth-order valence-electron chi connectivity index (χ4n) is 2.95. The number of nitrogens with one attached hydrogen (secondary N) is 1. The molecule has 1 aliphatic rings. The predicted octanol–water partition coefficient (Wildman–Crippen LogP) is 0.135. The van der Waals surface area contributed by atoms with Gasteiger partial charge < -0.3 is 9.32 Å². The molecule has 1 aliphatic heterocycles. The van der Waals surface area contributed by atoms with Gasteiger partial charge in [-0.25, -0.2) is 17.9 Å². The van der Waals surface area contributed by atoms with Crippen LogP contribution in [0, 0.1) is 0 Å². The second kappa shape index (κ2) is 6.40. The molecule has 2 aromatic rings. The number of rotatable bonds is 4. The van der Waals surface area contributed by atoms with Gasteiger partial charge in [0.05, 0.1) is 11.8 Å². The Bertz CT molecular complexity index is 907. The van der Waals surface area contributed by atoms with Gasteiger partial charge in [0, 0.05) is 19.1 Å². The van der Waals surface area contributed by atoms with Crippen LogP contribution in [0.25, 0.3) is 11.1 Å². The lowest BCUT2D eigenvalue weighted by Crippen LogP contribution is -2.47. The van der Waals surface area contributed by atoms with Crippen LogP contribution in [0.2, 0.25) is 0 Å². The number of carbonyl (C=O) groups is 1. The Balaban J connectivity index is 1.66. The van der Waals surface area contributed by atoms with Crippen LogP contribution in [0.5, 0.6) is 0 Å². The highest BCUT2D eigenvalue weighted by Gasteiger charge is 2.25. The lowest BCUT2D eigenvalue weighted by Gasteiger charge is -2.32. The van der Waals surface area contributed by atoms with Crippen molar-refractivity contribution in [3.8, 4) is 0 Å². The summed E-state index contributed by atoms with van der Waals surface area (Å²) in [4.78, 5) is 26.0. The monoisotopic (exact) mass is 353 g/mol. The molecule has 1 saturated heterocycles. The molecule has 2 heterocycles. The average Bonchev–Trinajstić information content (AvgIpc) is 2.82. The molecule has 24 heavy (non-hydrogen) atoms. The van der Waals surface area contributed by atoms with Crippen molar-refractivity contribution in [3.63, 3.8) is 0 Å². The van der Waals surface area contributed by atoms with Crippen molar-refractivity contribution >= 4 is 27.0 Å². The summed E-state index contributed by atoms with van der Waals surface area (Å²) >= 11 is 0. The molecule has 3 rings (SSSR count). The molecule has 0 unspecified atom stereocenters. The zero-order valence-electron chi connectivity index (χ0n) is 13.3. The van der Waals surface area contributed by atoms with Crippen LogP contribution >= 0.6 is 0 Å². The Morgan fingerprint density at radius 1 is 1.29 bits per heavy atom. The predicted molar refractivity (Wildman–Crippen MR) is 88.1 cm³/mol. The van der Waals surface area contributed by atoms with Gasteiger partial charge in [0.15, 0.2) is 5.58 Å².